The monoisotopic (exact) mass is 697 g/mol. The summed E-state index contributed by atoms with van der Waals surface area (Å²) in [5, 5.41) is 11.8. The van der Waals surface area contributed by atoms with E-state index in [1.807, 2.05) is 30.5 Å². The molecule has 38 heavy (non-hydrogen) atoms. The molecule has 0 fully saturated rings. The summed E-state index contributed by atoms with van der Waals surface area (Å²) in [5.74, 6) is -0.0625. The first-order valence-corrected chi connectivity index (χ1v) is 12.8. The molecule has 193 valence electrons. The zero-order valence-corrected chi connectivity index (χ0v) is 24.7. The van der Waals surface area contributed by atoms with Crippen LogP contribution in [0, 0.1) is 19.9 Å². The Balaban J connectivity index is 0.000000375. The van der Waals surface area contributed by atoms with Crippen LogP contribution in [0.5, 0.6) is 0 Å². The number of allylic oxidation sites excluding steroid dienone is 2. The first-order chi connectivity index (χ1) is 17.8. The number of nitrogens with zero attached hydrogens (tertiary/aromatic N) is 1. The smallest absolute Gasteiger partial charge is 0.155 e. The fourth-order valence-corrected chi connectivity index (χ4v) is 5.77. The third-order valence-corrected chi connectivity index (χ3v) is 7.24. The standard InChI is InChI=1S/C27H18NOS.C5H8O2.Ir/c1-16-7-5-8-17(2)26(16)24-14-18-13-22(28-15-25(18)30-24)21-11-6-10-20-19-9-3-4-12-23(19)29-27(20)21;1-4(6)3-5(2)7;/h3-10,12-15H,1-2H3;3,6H,1-2H3;/q-1;;/b;4-3-;. The minimum Gasteiger partial charge on any atom is -0.512 e. The van der Waals surface area contributed by atoms with Crippen molar-refractivity contribution in [3.8, 4) is 21.7 Å². The normalized spacial score (nSPS) is 11.3. The second-order valence-electron chi connectivity index (χ2n) is 9.07. The van der Waals surface area contributed by atoms with E-state index < -0.39 is 0 Å². The number of aliphatic hydroxyl groups is 1. The molecule has 3 aromatic heterocycles. The molecule has 3 heterocycles. The van der Waals surface area contributed by atoms with E-state index in [0.29, 0.717) is 0 Å². The zero-order chi connectivity index (χ0) is 26.1. The van der Waals surface area contributed by atoms with Gasteiger partial charge in [0.05, 0.1) is 16.0 Å². The number of hydrogen-bond acceptors (Lipinski definition) is 5. The molecule has 6 aromatic rings. The fraction of sp³-hybridized carbons (Fsp3) is 0.125. The SMILES string of the molecule is CC(=O)/C=C(/C)O.Cc1cccc(C)c1-c1cc2cc(-c3[c-]ccc4c3oc3ccccc34)ncc2s1.[Ir]. The predicted octanol–water partition coefficient (Wildman–Crippen LogP) is 8.98. The van der Waals surface area contributed by atoms with Gasteiger partial charge < -0.3 is 14.5 Å². The minimum atomic E-state index is -0.125. The molecule has 0 atom stereocenters. The van der Waals surface area contributed by atoms with Gasteiger partial charge in [-0.1, -0.05) is 53.4 Å². The summed E-state index contributed by atoms with van der Waals surface area (Å²) in [6, 6.07) is 26.4. The molecule has 0 saturated heterocycles. The largest absolute Gasteiger partial charge is 0.512 e. The number of benzene rings is 3. The minimum absolute atomic E-state index is 0. The van der Waals surface area contributed by atoms with Crippen LogP contribution in [-0.2, 0) is 24.9 Å². The van der Waals surface area contributed by atoms with Gasteiger partial charge >= 0.3 is 0 Å². The topological polar surface area (TPSA) is 63.3 Å². The number of para-hydroxylation sites is 1. The van der Waals surface area contributed by atoms with Gasteiger partial charge in [-0.25, -0.2) is 0 Å². The first-order valence-electron chi connectivity index (χ1n) is 12.0. The quantitative estimate of drug-likeness (QED) is 0.114. The average molecular weight is 697 g/mol. The number of pyridine rings is 1. The van der Waals surface area contributed by atoms with Gasteiger partial charge in [0, 0.05) is 42.6 Å². The maximum Gasteiger partial charge on any atom is 0.155 e. The number of furan rings is 1. The van der Waals surface area contributed by atoms with Crippen LogP contribution >= 0.6 is 11.3 Å². The predicted molar refractivity (Wildman–Crippen MR) is 153 cm³/mol. The van der Waals surface area contributed by atoms with Gasteiger partial charge in [0.2, 0.25) is 0 Å². The molecular formula is C32H26IrNO3S-. The molecule has 3 aromatic carbocycles. The van der Waals surface area contributed by atoms with Crippen LogP contribution < -0.4 is 0 Å². The van der Waals surface area contributed by atoms with Gasteiger partial charge in [-0.3, -0.25) is 4.79 Å². The number of aliphatic hydroxyl groups excluding tert-OH is 1. The number of rotatable bonds is 3. The third kappa shape index (κ3) is 5.48. The summed E-state index contributed by atoms with van der Waals surface area (Å²) in [6.07, 6.45) is 3.14. The Kier molecular flexibility index (Phi) is 8.27. The van der Waals surface area contributed by atoms with E-state index in [0.717, 1.165) is 33.2 Å². The Morgan fingerprint density at radius 2 is 1.74 bits per heavy atom. The second kappa shape index (κ2) is 11.4. The molecule has 0 spiro atoms. The maximum absolute atomic E-state index is 10.0. The van der Waals surface area contributed by atoms with Crippen LogP contribution in [0.25, 0.3) is 53.7 Å². The van der Waals surface area contributed by atoms with Gasteiger partial charge in [0.1, 0.15) is 5.58 Å². The van der Waals surface area contributed by atoms with Crippen LogP contribution in [0.4, 0.5) is 0 Å². The number of hydrogen-bond donors (Lipinski definition) is 1. The van der Waals surface area contributed by atoms with Crippen molar-refractivity contribution in [2.75, 3.05) is 0 Å². The number of carbonyl (C=O) groups excluding carboxylic acids is 1. The van der Waals surface area contributed by atoms with Crippen LogP contribution in [0.1, 0.15) is 25.0 Å². The van der Waals surface area contributed by atoms with Crippen molar-refractivity contribution in [3.05, 3.63) is 102 Å². The second-order valence-corrected chi connectivity index (χ2v) is 10.2. The van der Waals surface area contributed by atoms with Crippen LogP contribution in [-0.4, -0.2) is 15.9 Å². The van der Waals surface area contributed by atoms with Gasteiger partial charge in [0.25, 0.3) is 0 Å². The zero-order valence-electron chi connectivity index (χ0n) is 21.5. The molecule has 0 aliphatic rings. The fourth-order valence-electron chi connectivity index (χ4n) is 4.58. The molecular weight excluding hydrogens is 671 g/mol. The Bertz CT molecular complexity index is 1790. The number of aryl methyl sites for hydroxylation is 2. The van der Waals surface area contributed by atoms with E-state index in [1.54, 1.807) is 11.3 Å². The summed E-state index contributed by atoms with van der Waals surface area (Å²) >= 11 is 1.79. The van der Waals surface area contributed by atoms with E-state index in [4.69, 9.17) is 14.5 Å². The Morgan fingerprint density at radius 3 is 2.42 bits per heavy atom. The Hall–Kier alpha value is -3.57. The molecule has 0 unspecified atom stereocenters. The first kappa shape index (κ1) is 27.5. The number of aromatic nitrogens is 1. The van der Waals surface area contributed by atoms with E-state index in [-0.39, 0.29) is 31.6 Å². The molecule has 0 saturated carbocycles. The van der Waals surface area contributed by atoms with Crippen molar-refractivity contribution >= 4 is 49.1 Å². The van der Waals surface area contributed by atoms with Gasteiger partial charge in [0.15, 0.2) is 5.78 Å². The molecule has 6 heteroatoms. The number of carbonyl (C=O) groups is 1. The van der Waals surface area contributed by atoms with Crippen LogP contribution in [0.2, 0.25) is 0 Å². The van der Waals surface area contributed by atoms with Crippen LogP contribution in [0.15, 0.2) is 89.2 Å². The molecule has 0 amide bonds. The molecule has 1 N–H and O–H groups in total. The van der Waals surface area contributed by atoms with E-state index in [9.17, 15) is 4.79 Å². The number of thiophene rings is 1. The molecule has 0 bridgehead atoms. The average Bonchev–Trinajstić information content (AvgIpc) is 3.44. The number of fused-ring (bicyclic) bond motifs is 4. The van der Waals surface area contributed by atoms with E-state index in [1.165, 1.54) is 51.6 Å². The van der Waals surface area contributed by atoms with Crippen molar-refractivity contribution in [1.29, 1.82) is 0 Å². The van der Waals surface area contributed by atoms with Crippen molar-refractivity contribution in [1.82, 2.24) is 4.98 Å². The number of ketones is 1. The molecule has 4 nitrogen and oxygen atoms in total. The summed E-state index contributed by atoms with van der Waals surface area (Å²) in [4.78, 5) is 16.1. The molecule has 0 aliphatic carbocycles. The molecule has 6 rings (SSSR count). The maximum atomic E-state index is 10.0. The Labute approximate surface area is 239 Å². The summed E-state index contributed by atoms with van der Waals surface area (Å²) in [6.45, 7) is 7.20. The van der Waals surface area contributed by atoms with Gasteiger partial charge in [-0.05, 0) is 67.6 Å². The summed E-state index contributed by atoms with van der Waals surface area (Å²) < 4.78 is 7.38. The summed E-state index contributed by atoms with van der Waals surface area (Å²) in [7, 11) is 0. The van der Waals surface area contributed by atoms with E-state index >= 15 is 0 Å². The van der Waals surface area contributed by atoms with Gasteiger partial charge in [-0.2, -0.15) is 0 Å². The van der Waals surface area contributed by atoms with Crippen LogP contribution in [0.3, 0.4) is 0 Å². The summed E-state index contributed by atoms with van der Waals surface area (Å²) in [5.41, 5.74) is 7.46. The van der Waals surface area contributed by atoms with Crippen molar-refractivity contribution < 1.29 is 34.4 Å². The molecule has 0 aliphatic heterocycles. The van der Waals surface area contributed by atoms with Gasteiger partial charge in [-0.15, -0.1) is 29.5 Å². The van der Waals surface area contributed by atoms with Crippen molar-refractivity contribution in [2.24, 2.45) is 0 Å². The molecule has 1 radical (unpaired) electrons. The Morgan fingerprint density at radius 1 is 1.00 bits per heavy atom. The van der Waals surface area contributed by atoms with Crippen molar-refractivity contribution in [3.63, 3.8) is 0 Å². The van der Waals surface area contributed by atoms with E-state index in [2.05, 4.69) is 62.4 Å². The van der Waals surface area contributed by atoms with Crippen molar-refractivity contribution in [2.45, 2.75) is 27.7 Å². The third-order valence-electron chi connectivity index (χ3n) is 6.14.